The van der Waals surface area contributed by atoms with Gasteiger partial charge in [0.05, 0.1) is 10.6 Å². The van der Waals surface area contributed by atoms with E-state index in [1.165, 1.54) is 105 Å². The first-order chi connectivity index (χ1) is 43.7. The Balaban J connectivity index is 1.25. The summed E-state index contributed by atoms with van der Waals surface area (Å²) in [5, 5.41) is 10.9. The second-order valence-corrected chi connectivity index (χ2v) is 26.7. The van der Waals surface area contributed by atoms with Gasteiger partial charge in [0.15, 0.2) is 0 Å². The van der Waals surface area contributed by atoms with Crippen LogP contribution < -0.4 is 21.3 Å². The molecule has 2 aliphatic carbocycles. The molecule has 11 atom stereocenters. The molecule has 512 valence electrons. The number of alkyl halides is 3. The average Bonchev–Trinajstić information content (AvgIpc) is 1.78. The molecule has 27 heteroatoms. The Morgan fingerprint density at radius 1 is 0.613 bits per heavy atom. The van der Waals surface area contributed by atoms with Gasteiger partial charge in [-0.3, -0.25) is 52.7 Å². The molecule has 0 aromatic heterocycles. The van der Waals surface area contributed by atoms with Gasteiger partial charge in [-0.05, 0) is 133 Å². The fraction of sp³-hybridized carbons (Fsp3) is 0.652. The van der Waals surface area contributed by atoms with Crippen molar-refractivity contribution in [1.82, 2.24) is 55.6 Å². The number of hydrogen-bond donors (Lipinski definition) is 4. The summed E-state index contributed by atoms with van der Waals surface area (Å²) in [6.45, 7) is 9.64. The van der Waals surface area contributed by atoms with Gasteiger partial charge < -0.3 is 55.6 Å². The molecule has 3 heterocycles. The third-order valence-electron chi connectivity index (χ3n) is 20.2. The van der Waals surface area contributed by atoms with Crippen LogP contribution in [0.2, 0.25) is 5.02 Å². The van der Waals surface area contributed by atoms with Crippen molar-refractivity contribution < 1.29 is 70.3 Å². The van der Waals surface area contributed by atoms with Crippen LogP contribution in [-0.2, 0) is 71.8 Å². The van der Waals surface area contributed by atoms with Gasteiger partial charge in [-0.1, -0.05) is 75.8 Å². The maximum absolute atomic E-state index is 15.2. The molecule has 93 heavy (non-hydrogen) atoms. The van der Waals surface area contributed by atoms with Gasteiger partial charge >= 0.3 is 6.18 Å². The van der Waals surface area contributed by atoms with Crippen LogP contribution in [-0.4, -0.2) is 214 Å². The van der Waals surface area contributed by atoms with Crippen LogP contribution in [0.4, 0.5) is 17.6 Å². The molecule has 2 saturated carbocycles. The molecular weight excluding hydrogens is 1230 g/mol. The molecule has 0 radical (unpaired) electrons. The minimum absolute atomic E-state index is 0.0231. The number of carbonyl (C=O) groups excluding carboxylic acids is 11. The van der Waals surface area contributed by atoms with Crippen molar-refractivity contribution in [2.45, 2.75) is 216 Å². The van der Waals surface area contributed by atoms with Gasteiger partial charge in [-0.2, -0.15) is 13.2 Å². The van der Waals surface area contributed by atoms with E-state index in [-0.39, 0.29) is 75.9 Å². The zero-order valence-electron chi connectivity index (χ0n) is 55.2. The first-order valence-electron chi connectivity index (χ1n) is 32.5. The number of nitrogens with one attached hydrogen (secondary N) is 4. The van der Waals surface area contributed by atoms with E-state index in [1.807, 2.05) is 6.92 Å². The molecule has 3 aliphatic heterocycles. The highest BCUT2D eigenvalue weighted by Gasteiger charge is 2.51. The van der Waals surface area contributed by atoms with Gasteiger partial charge in [0.2, 0.25) is 65.0 Å². The Bertz CT molecular complexity index is 3140. The van der Waals surface area contributed by atoms with E-state index in [0.29, 0.717) is 44.1 Å². The second-order valence-electron chi connectivity index (χ2n) is 26.3. The average molecular weight is 1330 g/mol. The monoisotopic (exact) mass is 1330 g/mol. The molecule has 7 rings (SSSR count). The Hall–Kier alpha value is -7.38. The summed E-state index contributed by atoms with van der Waals surface area (Å²) in [6, 6.07) is -3.53. The zero-order chi connectivity index (χ0) is 68.7. The molecule has 2 aromatic carbocycles. The van der Waals surface area contributed by atoms with Crippen LogP contribution in [0.1, 0.15) is 148 Å². The summed E-state index contributed by atoms with van der Waals surface area (Å²) in [5.74, 6) is -8.67. The number of fused-ring (bicyclic) bond motifs is 2. The quantitative estimate of drug-likeness (QED) is 0.256. The smallest absolute Gasteiger partial charge is 0.351 e. The summed E-state index contributed by atoms with van der Waals surface area (Å²) >= 11 is 6.13. The maximum Gasteiger partial charge on any atom is 0.417 e. The van der Waals surface area contributed by atoms with Crippen molar-refractivity contribution in [3.8, 4) is 0 Å². The molecule has 4 N–H and O–H groups in total. The van der Waals surface area contributed by atoms with E-state index in [1.54, 1.807) is 19.9 Å². The number of likely N-dealkylation sites (N-methyl/N-ethyl adjacent to an activating group) is 5. The van der Waals surface area contributed by atoms with Gasteiger partial charge in [-0.25, -0.2) is 4.39 Å². The number of aryl methyl sites for hydroxylation is 1. The van der Waals surface area contributed by atoms with Crippen LogP contribution in [0.5, 0.6) is 0 Å². The lowest BCUT2D eigenvalue weighted by molar-refractivity contribution is -0.160. The first kappa shape index (κ1) is 73.0. The number of halogens is 5. The molecule has 3 saturated heterocycles. The van der Waals surface area contributed by atoms with Crippen molar-refractivity contribution in [3.63, 3.8) is 0 Å². The fourth-order valence-corrected chi connectivity index (χ4v) is 13.9. The van der Waals surface area contributed by atoms with Crippen LogP contribution in [0.15, 0.2) is 42.5 Å². The molecule has 5 aliphatic rings. The standard InChI is InChI=1S/C66H92ClF4N11O11/c1-12-37(2)53-63(92)78(9)41(6)59(88)82-32-28-50(82)61(90)79(10)51(36-43-19-17-22-45(68)34-43)62(91)77(8)40(5)55(84)73-48(27-25-42-24-26-46(47(67)35-42)66(69,70)71)60(89)81-31-18-23-49(81)57(86)75-65(29-15-16-30-65)64(93)80(11)54(44-20-13-14-21-44)58(87)72-38(3)33-52(83)76(7)39(4)56(85)74-53/h17,19,22,24,26,34-35,37-41,44,48-51,53-54H,12-16,18,20-21,23,25,27-33,36H2,1-11H3,(H,72,87)(H,73,84)(H,74,85)(H,75,86)/t37-,38+,39-,40+,41-,48-,49-,50-,51-,53-,54-/m0/s1. The Morgan fingerprint density at radius 3 is 1.84 bits per heavy atom. The lowest BCUT2D eigenvalue weighted by Crippen LogP contribution is -2.65. The van der Waals surface area contributed by atoms with Crippen LogP contribution in [0.3, 0.4) is 0 Å². The lowest BCUT2D eigenvalue weighted by Gasteiger charge is -2.45. The summed E-state index contributed by atoms with van der Waals surface area (Å²) in [5.41, 5.74) is -2.03. The van der Waals surface area contributed by atoms with Crippen LogP contribution in [0.25, 0.3) is 0 Å². The third kappa shape index (κ3) is 16.6. The highest BCUT2D eigenvalue weighted by molar-refractivity contribution is 6.31. The van der Waals surface area contributed by atoms with E-state index in [4.69, 9.17) is 11.6 Å². The summed E-state index contributed by atoms with van der Waals surface area (Å²) in [6.07, 6.45) is -0.313. The number of nitrogens with zero attached hydrogens (tertiary/aromatic N) is 7. The first-order valence-corrected chi connectivity index (χ1v) is 32.9. The van der Waals surface area contributed by atoms with Crippen molar-refractivity contribution in [1.29, 1.82) is 0 Å². The van der Waals surface area contributed by atoms with E-state index in [9.17, 15) is 55.9 Å². The minimum Gasteiger partial charge on any atom is -0.351 e. The number of rotatable bonds is 8. The topological polar surface area (TPSA) is 259 Å². The summed E-state index contributed by atoms with van der Waals surface area (Å²) in [4.78, 5) is 170. The molecule has 2 aromatic rings. The van der Waals surface area contributed by atoms with Crippen molar-refractivity contribution in [2.24, 2.45) is 11.8 Å². The SMILES string of the molecule is CC[C@H](C)[C@@H]1NC(=O)[C@H](C)N(C)C(=O)C[C@@H](C)NC(=O)[C@H](C2CCCC2)N(C)C(=O)C2(CCCC2)NC(=O)[C@@H]2CCCN2C(=O)[C@H](CCc2ccc(C(F)(F)F)c(Cl)c2)NC(=O)[C@@H](C)N(C)C(=O)[C@H](Cc2cccc(F)c2)N(C)C(=O)[C@@H]2CCN2C(=O)[C@H](C)N(C)C1=O. The van der Waals surface area contributed by atoms with E-state index < -0.39 is 159 Å². The van der Waals surface area contributed by atoms with E-state index in [2.05, 4.69) is 21.3 Å². The predicted molar refractivity (Wildman–Crippen MR) is 336 cm³/mol. The third-order valence-corrected chi connectivity index (χ3v) is 20.5. The molecule has 0 bridgehead atoms. The molecule has 11 amide bonds. The highest BCUT2D eigenvalue weighted by atomic mass is 35.5. The highest BCUT2D eigenvalue weighted by Crippen LogP contribution is 2.38. The number of benzene rings is 2. The second kappa shape index (κ2) is 30.8. The van der Waals surface area contributed by atoms with Gasteiger partial charge in [0.25, 0.3) is 0 Å². The largest absolute Gasteiger partial charge is 0.417 e. The van der Waals surface area contributed by atoms with E-state index >= 15 is 14.4 Å². The lowest BCUT2D eigenvalue weighted by atomic mass is 9.90. The zero-order valence-corrected chi connectivity index (χ0v) is 56.0. The molecule has 5 fully saturated rings. The van der Waals surface area contributed by atoms with Crippen LogP contribution >= 0.6 is 11.6 Å². The number of amides is 11. The van der Waals surface area contributed by atoms with Crippen LogP contribution in [0, 0.1) is 17.7 Å². The van der Waals surface area contributed by atoms with Crippen molar-refractivity contribution in [2.75, 3.05) is 48.3 Å². The summed E-state index contributed by atoms with van der Waals surface area (Å²) < 4.78 is 56.3. The van der Waals surface area contributed by atoms with Crippen molar-refractivity contribution in [3.05, 3.63) is 70.0 Å². The molecular formula is C66H92ClF4N11O11. The predicted octanol–water partition coefficient (Wildman–Crippen LogP) is 5.00. The normalized spacial score (nSPS) is 28.4. The molecule has 22 nitrogen and oxygen atoms in total. The van der Waals surface area contributed by atoms with Gasteiger partial charge in [0, 0.05) is 67.2 Å². The Labute approximate surface area is 546 Å². The maximum atomic E-state index is 15.2. The Morgan fingerprint density at radius 2 is 1.24 bits per heavy atom. The van der Waals surface area contributed by atoms with E-state index in [0.717, 1.165) is 34.8 Å². The summed E-state index contributed by atoms with van der Waals surface area (Å²) in [7, 11) is 6.96. The van der Waals surface area contributed by atoms with Gasteiger partial charge in [-0.15, -0.1) is 0 Å². The molecule has 1 spiro atoms. The number of hydrogen-bond acceptors (Lipinski definition) is 11. The minimum atomic E-state index is -4.77. The Kier molecular flexibility index (Phi) is 24.2. The number of carbonyl (C=O) groups is 11. The van der Waals surface area contributed by atoms with Crippen molar-refractivity contribution >= 4 is 76.6 Å². The van der Waals surface area contributed by atoms with Gasteiger partial charge in [0.1, 0.15) is 65.7 Å². The molecule has 0 unspecified atom stereocenters. The fourth-order valence-electron chi connectivity index (χ4n) is 13.6.